The van der Waals surface area contributed by atoms with E-state index in [4.69, 9.17) is 5.11 Å². The number of carboxylic acids is 1. The van der Waals surface area contributed by atoms with E-state index in [1.165, 1.54) is 11.3 Å². The van der Waals surface area contributed by atoms with Gasteiger partial charge in [0.2, 0.25) is 0 Å². The van der Waals surface area contributed by atoms with Gasteiger partial charge in [-0.25, -0.2) is 0 Å². The summed E-state index contributed by atoms with van der Waals surface area (Å²) in [5.41, 5.74) is 1.99. The second-order valence-corrected chi connectivity index (χ2v) is 6.67. The average molecular weight is 387 g/mol. The number of thiophene rings is 1. The van der Waals surface area contributed by atoms with Crippen molar-refractivity contribution in [1.29, 1.82) is 0 Å². The Labute approximate surface area is 127 Å². The SMILES string of the molecule is O=C(O)Cc1ccc(NC(=O)c2csc(I)c2)cc1. The Morgan fingerprint density at radius 2 is 1.95 bits per heavy atom. The van der Waals surface area contributed by atoms with Crippen molar-refractivity contribution in [2.24, 2.45) is 0 Å². The van der Waals surface area contributed by atoms with Gasteiger partial charge in [0, 0.05) is 11.1 Å². The van der Waals surface area contributed by atoms with E-state index in [2.05, 4.69) is 27.9 Å². The molecule has 98 valence electrons. The summed E-state index contributed by atoms with van der Waals surface area (Å²) in [5, 5.41) is 13.2. The van der Waals surface area contributed by atoms with Crippen LogP contribution in [0.3, 0.4) is 0 Å². The number of nitrogens with one attached hydrogen (secondary N) is 1. The zero-order valence-electron chi connectivity index (χ0n) is 9.72. The zero-order chi connectivity index (χ0) is 13.8. The summed E-state index contributed by atoms with van der Waals surface area (Å²) in [6.45, 7) is 0. The third-order valence-electron chi connectivity index (χ3n) is 2.40. The monoisotopic (exact) mass is 387 g/mol. The fourth-order valence-corrected chi connectivity index (χ4v) is 2.84. The lowest BCUT2D eigenvalue weighted by atomic mass is 10.1. The fourth-order valence-electron chi connectivity index (χ4n) is 1.51. The number of carboxylic acid groups (broad SMARTS) is 1. The Balaban J connectivity index is 2.03. The highest BCUT2D eigenvalue weighted by atomic mass is 127. The van der Waals surface area contributed by atoms with E-state index in [9.17, 15) is 9.59 Å². The van der Waals surface area contributed by atoms with E-state index in [1.807, 2.05) is 6.07 Å². The number of hydrogen-bond acceptors (Lipinski definition) is 3. The number of aliphatic carboxylic acids is 1. The number of hydrogen-bond donors (Lipinski definition) is 2. The van der Waals surface area contributed by atoms with Gasteiger partial charge in [0.25, 0.3) is 5.91 Å². The normalized spacial score (nSPS) is 10.2. The van der Waals surface area contributed by atoms with Gasteiger partial charge < -0.3 is 10.4 Å². The maximum absolute atomic E-state index is 11.9. The van der Waals surface area contributed by atoms with Crippen molar-refractivity contribution >= 4 is 51.5 Å². The van der Waals surface area contributed by atoms with Gasteiger partial charge in [-0.3, -0.25) is 9.59 Å². The van der Waals surface area contributed by atoms with Crippen LogP contribution in [0.2, 0.25) is 0 Å². The van der Waals surface area contributed by atoms with Crippen molar-refractivity contribution in [2.45, 2.75) is 6.42 Å². The van der Waals surface area contributed by atoms with Crippen molar-refractivity contribution in [3.05, 3.63) is 49.7 Å². The van der Waals surface area contributed by atoms with Crippen molar-refractivity contribution in [3.8, 4) is 0 Å². The molecule has 0 saturated carbocycles. The van der Waals surface area contributed by atoms with Crippen LogP contribution in [0, 0.1) is 2.88 Å². The summed E-state index contributed by atoms with van der Waals surface area (Å²) in [7, 11) is 0. The predicted molar refractivity (Wildman–Crippen MR) is 82.8 cm³/mol. The topological polar surface area (TPSA) is 66.4 Å². The summed E-state index contributed by atoms with van der Waals surface area (Å²) in [6, 6.07) is 8.61. The number of halogens is 1. The third-order valence-corrected chi connectivity index (χ3v) is 4.19. The highest BCUT2D eigenvalue weighted by molar-refractivity contribution is 14.1. The maximum atomic E-state index is 11.9. The number of carbonyl (C=O) groups is 2. The summed E-state index contributed by atoms with van der Waals surface area (Å²) in [4.78, 5) is 22.4. The predicted octanol–water partition coefficient (Wildman–Crippen LogP) is 3.23. The van der Waals surface area contributed by atoms with Crippen LogP contribution in [0.4, 0.5) is 5.69 Å². The number of anilines is 1. The molecule has 0 saturated heterocycles. The van der Waals surface area contributed by atoms with Gasteiger partial charge in [-0.1, -0.05) is 12.1 Å². The molecule has 19 heavy (non-hydrogen) atoms. The summed E-state index contributed by atoms with van der Waals surface area (Å²) >= 11 is 3.68. The molecule has 1 aromatic heterocycles. The molecular weight excluding hydrogens is 377 g/mol. The molecule has 0 aliphatic carbocycles. The van der Waals surface area contributed by atoms with Crippen molar-refractivity contribution in [2.75, 3.05) is 5.32 Å². The van der Waals surface area contributed by atoms with Gasteiger partial charge in [0.1, 0.15) is 0 Å². The van der Waals surface area contributed by atoms with Gasteiger partial charge in [0.15, 0.2) is 0 Å². The minimum absolute atomic E-state index is 0.0169. The molecule has 4 nitrogen and oxygen atoms in total. The molecule has 0 bridgehead atoms. The molecule has 0 unspecified atom stereocenters. The largest absolute Gasteiger partial charge is 0.481 e. The van der Waals surface area contributed by atoms with E-state index in [1.54, 1.807) is 29.6 Å². The molecule has 2 aromatic rings. The van der Waals surface area contributed by atoms with Crippen LogP contribution in [0.5, 0.6) is 0 Å². The molecule has 1 amide bonds. The first-order valence-electron chi connectivity index (χ1n) is 5.41. The van der Waals surface area contributed by atoms with E-state index in [-0.39, 0.29) is 12.3 Å². The number of amides is 1. The molecule has 2 N–H and O–H groups in total. The molecule has 0 aliphatic rings. The minimum Gasteiger partial charge on any atom is -0.481 e. The van der Waals surface area contributed by atoms with E-state index < -0.39 is 5.97 Å². The lowest BCUT2D eigenvalue weighted by Crippen LogP contribution is -2.10. The Bertz CT molecular complexity index is 607. The first-order valence-corrected chi connectivity index (χ1v) is 7.36. The Hall–Kier alpha value is -1.41. The van der Waals surface area contributed by atoms with Crippen LogP contribution in [0.1, 0.15) is 15.9 Å². The number of benzene rings is 1. The van der Waals surface area contributed by atoms with Gasteiger partial charge in [-0.2, -0.15) is 0 Å². The molecular formula is C13H10INO3S. The van der Waals surface area contributed by atoms with Crippen molar-refractivity contribution in [1.82, 2.24) is 0 Å². The molecule has 0 aliphatic heterocycles. The maximum Gasteiger partial charge on any atom is 0.307 e. The minimum atomic E-state index is -0.871. The second-order valence-electron chi connectivity index (χ2n) is 3.86. The van der Waals surface area contributed by atoms with Crippen LogP contribution in [-0.2, 0) is 11.2 Å². The average Bonchev–Trinajstić information content (AvgIpc) is 2.78. The van der Waals surface area contributed by atoms with Gasteiger partial charge >= 0.3 is 5.97 Å². The lowest BCUT2D eigenvalue weighted by molar-refractivity contribution is -0.136. The highest BCUT2D eigenvalue weighted by Crippen LogP contribution is 2.18. The zero-order valence-corrected chi connectivity index (χ0v) is 12.7. The third kappa shape index (κ3) is 4.03. The Kier molecular flexibility index (Phi) is 4.54. The summed E-state index contributed by atoms with van der Waals surface area (Å²) in [5.74, 6) is -1.03. The molecule has 2 rings (SSSR count). The smallest absolute Gasteiger partial charge is 0.307 e. The Morgan fingerprint density at radius 1 is 1.26 bits per heavy atom. The molecule has 0 spiro atoms. The van der Waals surface area contributed by atoms with Gasteiger partial charge in [-0.05, 0) is 46.4 Å². The number of rotatable bonds is 4. The first-order chi connectivity index (χ1) is 9.04. The standard InChI is InChI=1S/C13H10INO3S/c14-11-6-9(7-19-11)13(18)15-10-3-1-8(2-4-10)5-12(16)17/h1-4,6-7H,5H2,(H,15,18)(H,16,17). The van der Waals surface area contributed by atoms with E-state index >= 15 is 0 Å². The number of carbonyl (C=O) groups excluding carboxylic acids is 1. The summed E-state index contributed by atoms with van der Waals surface area (Å²) in [6.07, 6.45) is -0.0169. The van der Waals surface area contributed by atoms with Crippen LogP contribution in [-0.4, -0.2) is 17.0 Å². The summed E-state index contributed by atoms with van der Waals surface area (Å²) < 4.78 is 1.06. The van der Waals surface area contributed by atoms with Crippen LogP contribution < -0.4 is 5.32 Å². The van der Waals surface area contributed by atoms with Crippen LogP contribution >= 0.6 is 33.9 Å². The fraction of sp³-hybridized carbons (Fsp3) is 0.0769. The lowest BCUT2D eigenvalue weighted by Gasteiger charge is -2.04. The quantitative estimate of drug-likeness (QED) is 0.792. The van der Waals surface area contributed by atoms with E-state index in [0.717, 1.165) is 2.88 Å². The van der Waals surface area contributed by atoms with Crippen molar-refractivity contribution < 1.29 is 14.7 Å². The highest BCUT2D eigenvalue weighted by Gasteiger charge is 2.08. The molecule has 1 heterocycles. The molecule has 6 heteroatoms. The van der Waals surface area contributed by atoms with Crippen molar-refractivity contribution in [3.63, 3.8) is 0 Å². The molecule has 0 atom stereocenters. The molecule has 1 aromatic carbocycles. The second kappa shape index (κ2) is 6.16. The molecule has 0 fully saturated rings. The first kappa shape index (κ1) is 14.0. The van der Waals surface area contributed by atoms with E-state index in [0.29, 0.717) is 16.8 Å². The van der Waals surface area contributed by atoms with Crippen LogP contribution in [0.25, 0.3) is 0 Å². The van der Waals surface area contributed by atoms with Gasteiger partial charge in [-0.15, -0.1) is 11.3 Å². The Morgan fingerprint density at radius 3 is 2.47 bits per heavy atom. The molecule has 0 radical (unpaired) electrons. The van der Waals surface area contributed by atoms with Crippen LogP contribution in [0.15, 0.2) is 35.7 Å². The van der Waals surface area contributed by atoms with Gasteiger partial charge in [0.05, 0.1) is 14.9 Å².